The van der Waals surface area contributed by atoms with Crippen molar-refractivity contribution >= 4 is 39.2 Å². The number of sulfonamides is 1. The molecular formula is C10H11Cl2NO5S. The summed E-state index contributed by atoms with van der Waals surface area (Å²) in [5.74, 6) is -1.37. The van der Waals surface area contributed by atoms with Crippen LogP contribution in [0.2, 0.25) is 10.0 Å². The van der Waals surface area contributed by atoms with Crippen LogP contribution in [0, 0.1) is 0 Å². The number of carboxylic acids is 1. The smallest absolute Gasteiger partial charge is 0.337 e. The molecule has 9 heteroatoms. The Morgan fingerprint density at radius 1 is 1.37 bits per heavy atom. The lowest BCUT2D eigenvalue weighted by Crippen LogP contribution is -2.31. The fourth-order valence-electron chi connectivity index (χ4n) is 1.21. The van der Waals surface area contributed by atoms with E-state index in [1.165, 1.54) is 6.92 Å². The zero-order valence-corrected chi connectivity index (χ0v) is 12.1. The van der Waals surface area contributed by atoms with Crippen LogP contribution in [0.5, 0.6) is 0 Å². The number of benzene rings is 1. The first kappa shape index (κ1) is 16.2. The van der Waals surface area contributed by atoms with Crippen molar-refractivity contribution in [3.63, 3.8) is 0 Å². The molecule has 3 N–H and O–H groups in total. The molecule has 0 fully saturated rings. The van der Waals surface area contributed by atoms with E-state index in [-0.39, 0.29) is 22.2 Å². The lowest BCUT2D eigenvalue weighted by Gasteiger charge is -2.11. The van der Waals surface area contributed by atoms with Gasteiger partial charge in [0.1, 0.15) is 4.90 Å². The minimum atomic E-state index is -4.02. The Labute approximate surface area is 120 Å². The molecule has 0 aliphatic rings. The third kappa shape index (κ3) is 4.05. The van der Waals surface area contributed by atoms with Crippen LogP contribution in [0.4, 0.5) is 0 Å². The number of rotatable bonds is 5. The van der Waals surface area contributed by atoms with Gasteiger partial charge in [0.2, 0.25) is 10.0 Å². The van der Waals surface area contributed by atoms with Gasteiger partial charge in [0.05, 0.1) is 21.7 Å². The largest absolute Gasteiger partial charge is 0.478 e. The molecule has 6 nitrogen and oxygen atoms in total. The number of hydrogen-bond donors (Lipinski definition) is 3. The van der Waals surface area contributed by atoms with Gasteiger partial charge in [-0.05, 0) is 19.1 Å². The first-order valence-corrected chi connectivity index (χ1v) is 7.29. The minimum absolute atomic E-state index is 0.160. The molecule has 106 valence electrons. The molecule has 0 aliphatic heterocycles. The van der Waals surface area contributed by atoms with E-state index in [2.05, 4.69) is 4.72 Å². The third-order valence-corrected chi connectivity index (χ3v) is 4.31. The highest BCUT2D eigenvalue weighted by atomic mass is 35.5. The Morgan fingerprint density at radius 2 is 1.95 bits per heavy atom. The van der Waals surface area contributed by atoms with E-state index in [1.807, 2.05) is 0 Å². The van der Waals surface area contributed by atoms with Gasteiger partial charge < -0.3 is 10.2 Å². The molecule has 1 atom stereocenters. The van der Waals surface area contributed by atoms with Crippen LogP contribution >= 0.6 is 23.2 Å². The lowest BCUT2D eigenvalue weighted by atomic mass is 10.2. The van der Waals surface area contributed by atoms with Gasteiger partial charge >= 0.3 is 5.97 Å². The summed E-state index contributed by atoms with van der Waals surface area (Å²) in [6, 6.07) is 1.92. The van der Waals surface area contributed by atoms with Crippen LogP contribution in [0.1, 0.15) is 17.3 Å². The molecular weight excluding hydrogens is 317 g/mol. The maximum absolute atomic E-state index is 11.9. The number of halogens is 2. The normalized spacial score (nSPS) is 13.3. The van der Waals surface area contributed by atoms with E-state index in [0.29, 0.717) is 0 Å². The van der Waals surface area contributed by atoms with Gasteiger partial charge in [0.15, 0.2) is 0 Å². The second-order valence-corrected chi connectivity index (χ2v) is 6.32. The van der Waals surface area contributed by atoms with Gasteiger partial charge in [0, 0.05) is 6.54 Å². The van der Waals surface area contributed by atoms with Gasteiger partial charge in [-0.15, -0.1) is 0 Å². The maximum Gasteiger partial charge on any atom is 0.337 e. The van der Waals surface area contributed by atoms with E-state index < -0.39 is 27.0 Å². The van der Waals surface area contributed by atoms with Crippen LogP contribution in [-0.4, -0.2) is 37.2 Å². The van der Waals surface area contributed by atoms with Gasteiger partial charge in [-0.1, -0.05) is 23.2 Å². The molecule has 19 heavy (non-hydrogen) atoms. The zero-order valence-electron chi connectivity index (χ0n) is 9.72. The molecule has 0 aliphatic carbocycles. The first-order chi connectivity index (χ1) is 8.65. The summed E-state index contributed by atoms with van der Waals surface area (Å²) in [6.07, 6.45) is -0.889. The van der Waals surface area contributed by atoms with Gasteiger partial charge in [-0.2, -0.15) is 0 Å². The molecule has 0 spiro atoms. The number of aromatic carboxylic acids is 1. The van der Waals surface area contributed by atoms with Crippen molar-refractivity contribution in [2.24, 2.45) is 0 Å². The molecule has 1 rings (SSSR count). The standard InChI is InChI=1S/C10H11Cl2NO5S/c1-5(14)4-13-19(17,18)9-2-6(10(15)16)7(11)3-8(9)12/h2-3,5,13-14H,4H2,1H3,(H,15,16)/t5-/m1/s1. The molecule has 0 aromatic heterocycles. The number of hydrogen-bond acceptors (Lipinski definition) is 4. The van der Waals surface area contributed by atoms with Crippen molar-refractivity contribution < 1.29 is 23.4 Å². The van der Waals surface area contributed by atoms with E-state index in [0.717, 1.165) is 12.1 Å². The topological polar surface area (TPSA) is 104 Å². The lowest BCUT2D eigenvalue weighted by molar-refractivity contribution is 0.0697. The Balaban J connectivity index is 3.27. The Hall–Kier alpha value is -0.860. The molecule has 0 saturated carbocycles. The Bertz CT molecular complexity index is 600. The van der Waals surface area contributed by atoms with Gasteiger partial charge in [0.25, 0.3) is 0 Å². The van der Waals surface area contributed by atoms with E-state index in [4.69, 9.17) is 33.4 Å². The summed E-state index contributed by atoms with van der Waals surface area (Å²) in [4.78, 5) is 10.5. The fourth-order valence-corrected chi connectivity index (χ4v) is 3.18. The summed E-state index contributed by atoms with van der Waals surface area (Å²) in [5, 5.41) is 17.6. The van der Waals surface area contributed by atoms with Crippen molar-refractivity contribution in [3.8, 4) is 0 Å². The molecule has 0 radical (unpaired) electrons. The van der Waals surface area contributed by atoms with Crippen LogP contribution in [0.15, 0.2) is 17.0 Å². The van der Waals surface area contributed by atoms with E-state index >= 15 is 0 Å². The van der Waals surface area contributed by atoms with E-state index in [1.54, 1.807) is 0 Å². The van der Waals surface area contributed by atoms with Crippen LogP contribution in [0.3, 0.4) is 0 Å². The van der Waals surface area contributed by atoms with Crippen molar-refractivity contribution in [2.45, 2.75) is 17.9 Å². The molecule has 1 aromatic carbocycles. The zero-order chi connectivity index (χ0) is 14.8. The number of carboxylic acid groups (broad SMARTS) is 1. The fraction of sp³-hybridized carbons (Fsp3) is 0.300. The Kier molecular flexibility index (Phi) is 5.17. The number of aliphatic hydroxyl groups excluding tert-OH is 1. The predicted molar refractivity (Wildman–Crippen MR) is 70.3 cm³/mol. The predicted octanol–water partition coefficient (Wildman–Crippen LogP) is 1.35. The number of aliphatic hydroxyl groups is 1. The summed E-state index contributed by atoms with van der Waals surface area (Å²) in [5.41, 5.74) is -0.372. The van der Waals surface area contributed by atoms with Gasteiger partial charge in [-0.25, -0.2) is 17.9 Å². The first-order valence-electron chi connectivity index (χ1n) is 5.05. The molecule has 0 amide bonds. The summed E-state index contributed by atoms with van der Waals surface area (Å²) < 4.78 is 25.9. The van der Waals surface area contributed by atoms with E-state index in [9.17, 15) is 13.2 Å². The van der Waals surface area contributed by atoms with Crippen molar-refractivity contribution in [2.75, 3.05) is 6.54 Å². The molecule has 0 heterocycles. The average molecular weight is 328 g/mol. The van der Waals surface area contributed by atoms with Crippen molar-refractivity contribution in [3.05, 3.63) is 27.7 Å². The third-order valence-electron chi connectivity index (χ3n) is 2.11. The van der Waals surface area contributed by atoms with Crippen LogP contribution < -0.4 is 4.72 Å². The molecule has 1 aromatic rings. The SMILES string of the molecule is C[C@@H](O)CNS(=O)(=O)c1cc(C(=O)O)c(Cl)cc1Cl. The second-order valence-electron chi connectivity index (χ2n) is 3.77. The quantitative estimate of drug-likeness (QED) is 0.757. The highest BCUT2D eigenvalue weighted by Crippen LogP contribution is 2.28. The summed E-state index contributed by atoms with van der Waals surface area (Å²) >= 11 is 11.4. The second kappa shape index (κ2) is 6.06. The number of nitrogens with one attached hydrogen (secondary N) is 1. The molecule has 0 bridgehead atoms. The molecule has 0 unspecified atom stereocenters. The molecule has 0 saturated heterocycles. The van der Waals surface area contributed by atoms with Crippen molar-refractivity contribution in [1.82, 2.24) is 4.72 Å². The van der Waals surface area contributed by atoms with Crippen LogP contribution in [-0.2, 0) is 10.0 Å². The minimum Gasteiger partial charge on any atom is -0.478 e. The Morgan fingerprint density at radius 3 is 2.42 bits per heavy atom. The summed E-state index contributed by atoms with van der Waals surface area (Å²) in [6.45, 7) is 1.18. The average Bonchev–Trinajstić information content (AvgIpc) is 2.25. The summed E-state index contributed by atoms with van der Waals surface area (Å²) in [7, 11) is -4.02. The highest BCUT2D eigenvalue weighted by Gasteiger charge is 2.22. The maximum atomic E-state index is 11.9. The monoisotopic (exact) mass is 327 g/mol. The van der Waals surface area contributed by atoms with Crippen molar-refractivity contribution in [1.29, 1.82) is 0 Å². The van der Waals surface area contributed by atoms with Crippen LogP contribution in [0.25, 0.3) is 0 Å². The highest BCUT2D eigenvalue weighted by molar-refractivity contribution is 7.89. The number of carbonyl (C=O) groups is 1. The van der Waals surface area contributed by atoms with Gasteiger partial charge in [-0.3, -0.25) is 0 Å².